The average molecular weight is 320 g/mol. The van der Waals surface area contributed by atoms with Crippen molar-refractivity contribution in [2.45, 2.75) is 6.54 Å². The Labute approximate surface area is 141 Å². The number of nitrogens with one attached hydrogen (secondary N) is 2. The maximum Gasteiger partial charge on any atom is 0.270 e. The van der Waals surface area contributed by atoms with Crippen molar-refractivity contribution < 1.29 is 9.69 Å². The molecule has 1 amide bonds. The number of H-pyrrole nitrogens is 1. The van der Waals surface area contributed by atoms with Gasteiger partial charge in [-0.2, -0.15) is 0 Å². The van der Waals surface area contributed by atoms with Crippen LogP contribution in [0.5, 0.6) is 0 Å². The molecule has 1 aliphatic heterocycles. The molecule has 4 rings (SSSR count). The summed E-state index contributed by atoms with van der Waals surface area (Å²) in [4.78, 5) is 19.5. The molecule has 1 aromatic heterocycles. The smallest absolute Gasteiger partial charge is 0.270 e. The number of aromatic amines is 1. The molecule has 0 atom stereocenters. The first-order valence-corrected chi connectivity index (χ1v) is 8.54. The van der Waals surface area contributed by atoms with E-state index in [-0.39, 0.29) is 5.91 Å². The molecule has 24 heavy (non-hydrogen) atoms. The number of fused-ring (bicyclic) bond motifs is 1. The third-order valence-corrected chi connectivity index (χ3v) is 4.82. The lowest BCUT2D eigenvalue weighted by molar-refractivity contribution is -0.917. The van der Waals surface area contributed by atoms with Crippen LogP contribution in [0.3, 0.4) is 0 Å². The third-order valence-electron chi connectivity index (χ3n) is 4.82. The number of piperazine rings is 1. The number of carbonyl (C=O) groups is 1. The monoisotopic (exact) mass is 320 g/mol. The first-order chi connectivity index (χ1) is 11.8. The van der Waals surface area contributed by atoms with Crippen LogP contribution in [-0.4, -0.2) is 42.0 Å². The summed E-state index contributed by atoms with van der Waals surface area (Å²) in [5, 5.41) is 1.09. The van der Waals surface area contributed by atoms with Crippen LogP contribution >= 0.6 is 0 Å². The SMILES string of the molecule is O=C(c1cc2ccccc2[nH]1)N1CC[NH+](Cc2ccccc2)CC1. The number of rotatable bonds is 3. The predicted octanol–water partition coefficient (Wildman–Crippen LogP) is 1.71. The van der Waals surface area contributed by atoms with Crippen LogP contribution in [0.2, 0.25) is 0 Å². The number of quaternary nitrogens is 1. The Morgan fingerprint density at radius 3 is 2.46 bits per heavy atom. The van der Waals surface area contributed by atoms with Gasteiger partial charge in [0.25, 0.3) is 5.91 Å². The van der Waals surface area contributed by atoms with Crippen molar-refractivity contribution in [3.05, 3.63) is 71.9 Å². The lowest BCUT2D eigenvalue weighted by Gasteiger charge is -2.32. The van der Waals surface area contributed by atoms with Crippen molar-refractivity contribution in [2.75, 3.05) is 26.2 Å². The molecule has 1 aliphatic rings. The average Bonchev–Trinajstić information content (AvgIpc) is 3.07. The normalized spacial score (nSPS) is 15.8. The van der Waals surface area contributed by atoms with Gasteiger partial charge in [-0.05, 0) is 12.1 Å². The predicted molar refractivity (Wildman–Crippen MR) is 95.0 cm³/mol. The molecule has 2 aromatic carbocycles. The van der Waals surface area contributed by atoms with E-state index in [4.69, 9.17) is 0 Å². The lowest BCUT2D eigenvalue weighted by Crippen LogP contribution is -3.13. The summed E-state index contributed by atoms with van der Waals surface area (Å²) in [7, 11) is 0. The summed E-state index contributed by atoms with van der Waals surface area (Å²) in [5.74, 6) is 0.116. The number of benzene rings is 2. The maximum atomic E-state index is 12.7. The standard InChI is InChI=1S/C20H21N3O/c24-20(19-14-17-8-4-5-9-18(17)21-19)23-12-10-22(11-13-23)15-16-6-2-1-3-7-16/h1-9,14,21H,10-13,15H2/p+1. The Bertz CT molecular complexity index is 799. The van der Waals surface area contributed by atoms with Gasteiger partial charge in [-0.25, -0.2) is 0 Å². The summed E-state index contributed by atoms with van der Waals surface area (Å²) < 4.78 is 0. The Morgan fingerprint density at radius 1 is 1.00 bits per heavy atom. The van der Waals surface area contributed by atoms with Gasteiger partial charge in [0.1, 0.15) is 12.2 Å². The minimum absolute atomic E-state index is 0.116. The highest BCUT2D eigenvalue weighted by molar-refractivity contribution is 5.98. The zero-order chi connectivity index (χ0) is 16.4. The molecular formula is C20H22N3O+. The third kappa shape index (κ3) is 3.05. The Morgan fingerprint density at radius 2 is 1.71 bits per heavy atom. The molecule has 0 aliphatic carbocycles. The van der Waals surface area contributed by atoms with Crippen LogP contribution in [0.25, 0.3) is 10.9 Å². The number of nitrogens with zero attached hydrogens (tertiary/aromatic N) is 1. The van der Waals surface area contributed by atoms with E-state index in [1.807, 2.05) is 35.2 Å². The van der Waals surface area contributed by atoms with Gasteiger partial charge >= 0.3 is 0 Å². The zero-order valence-corrected chi connectivity index (χ0v) is 13.7. The number of aromatic nitrogens is 1. The van der Waals surface area contributed by atoms with Gasteiger partial charge in [0.05, 0.1) is 26.2 Å². The van der Waals surface area contributed by atoms with Crippen LogP contribution in [-0.2, 0) is 6.54 Å². The van der Waals surface area contributed by atoms with Crippen LogP contribution in [0.1, 0.15) is 16.1 Å². The Kier molecular flexibility index (Phi) is 4.05. The highest BCUT2D eigenvalue weighted by Crippen LogP contribution is 2.16. The second kappa shape index (κ2) is 6.49. The van der Waals surface area contributed by atoms with Gasteiger partial charge in [-0.15, -0.1) is 0 Å². The second-order valence-electron chi connectivity index (χ2n) is 6.47. The molecule has 2 N–H and O–H groups in total. The van der Waals surface area contributed by atoms with Gasteiger partial charge in [-0.3, -0.25) is 4.79 Å². The molecule has 1 saturated heterocycles. The molecule has 0 bridgehead atoms. The highest BCUT2D eigenvalue weighted by Gasteiger charge is 2.25. The molecule has 4 nitrogen and oxygen atoms in total. The second-order valence-corrected chi connectivity index (χ2v) is 6.47. The number of amides is 1. The Hall–Kier alpha value is -2.59. The van der Waals surface area contributed by atoms with Crippen molar-refractivity contribution in [1.29, 1.82) is 0 Å². The molecule has 4 heteroatoms. The van der Waals surface area contributed by atoms with Crippen molar-refractivity contribution in [3.63, 3.8) is 0 Å². The maximum absolute atomic E-state index is 12.7. The minimum Gasteiger partial charge on any atom is -0.351 e. The number of hydrogen-bond acceptors (Lipinski definition) is 1. The van der Waals surface area contributed by atoms with Crippen molar-refractivity contribution in [2.24, 2.45) is 0 Å². The Balaban J connectivity index is 1.39. The molecule has 0 unspecified atom stereocenters. The summed E-state index contributed by atoms with van der Waals surface area (Å²) >= 11 is 0. The van der Waals surface area contributed by atoms with Gasteiger partial charge in [-0.1, -0.05) is 48.5 Å². The van der Waals surface area contributed by atoms with Crippen LogP contribution in [0, 0.1) is 0 Å². The van der Waals surface area contributed by atoms with Crippen molar-refractivity contribution in [3.8, 4) is 0 Å². The van der Waals surface area contributed by atoms with E-state index in [9.17, 15) is 4.79 Å². The van der Waals surface area contributed by atoms with Gasteiger partial charge in [0, 0.05) is 16.5 Å². The molecule has 122 valence electrons. The van der Waals surface area contributed by atoms with E-state index in [0.717, 1.165) is 43.6 Å². The van der Waals surface area contributed by atoms with Crippen LogP contribution in [0.4, 0.5) is 0 Å². The summed E-state index contributed by atoms with van der Waals surface area (Å²) in [6.45, 7) is 4.67. The van der Waals surface area contributed by atoms with E-state index >= 15 is 0 Å². The minimum atomic E-state index is 0.116. The van der Waals surface area contributed by atoms with Crippen molar-refractivity contribution in [1.82, 2.24) is 9.88 Å². The van der Waals surface area contributed by atoms with Crippen LogP contribution < -0.4 is 4.90 Å². The van der Waals surface area contributed by atoms with Crippen LogP contribution in [0.15, 0.2) is 60.7 Å². The summed E-state index contributed by atoms with van der Waals surface area (Å²) in [5.41, 5.74) is 3.08. The number of hydrogen-bond donors (Lipinski definition) is 2. The largest absolute Gasteiger partial charge is 0.351 e. The molecule has 0 radical (unpaired) electrons. The molecular weight excluding hydrogens is 298 g/mol. The molecule has 0 spiro atoms. The number of carbonyl (C=O) groups excluding carboxylic acids is 1. The lowest BCUT2D eigenvalue weighted by atomic mass is 10.2. The molecule has 2 heterocycles. The first kappa shape index (κ1) is 15.0. The van der Waals surface area contributed by atoms with Gasteiger partial charge < -0.3 is 14.8 Å². The number of para-hydroxylation sites is 1. The van der Waals surface area contributed by atoms with E-state index in [2.05, 4.69) is 35.3 Å². The fourth-order valence-corrected chi connectivity index (χ4v) is 3.45. The summed E-state index contributed by atoms with van der Waals surface area (Å²) in [6, 6.07) is 20.6. The highest BCUT2D eigenvalue weighted by atomic mass is 16.2. The van der Waals surface area contributed by atoms with E-state index in [1.165, 1.54) is 5.56 Å². The fourth-order valence-electron chi connectivity index (χ4n) is 3.45. The van der Waals surface area contributed by atoms with Gasteiger partial charge in [0.15, 0.2) is 0 Å². The molecule has 1 fully saturated rings. The molecule has 0 saturated carbocycles. The first-order valence-electron chi connectivity index (χ1n) is 8.54. The quantitative estimate of drug-likeness (QED) is 0.758. The van der Waals surface area contributed by atoms with E-state index in [1.54, 1.807) is 4.90 Å². The molecule has 3 aromatic rings. The fraction of sp³-hybridized carbons (Fsp3) is 0.250. The van der Waals surface area contributed by atoms with E-state index in [0.29, 0.717) is 5.69 Å². The zero-order valence-electron chi connectivity index (χ0n) is 13.7. The van der Waals surface area contributed by atoms with Crippen molar-refractivity contribution >= 4 is 16.8 Å². The van der Waals surface area contributed by atoms with Gasteiger partial charge in [0.2, 0.25) is 0 Å². The summed E-state index contributed by atoms with van der Waals surface area (Å²) in [6.07, 6.45) is 0. The topological polar surface area (TPSA) is 40.5 Å². The van der Waals surface area contributed by atoms with E-state index < -0.39 is 0 Å².